The molecule has 1 fully saturated rings. The Labute approximate surface area is 185 Å². The van der Waals surface area contributed by atoms with Crippen LogP contribution in [0.2, 0.25) is 0 Å². The van der Waals surface area contributed by atoms with Crippen LogP contribution in [0.4, 0.5) is 10.1 Å². The van der Waals surface area contributed by atoms with E-state index in [1.807, 2.05) is 35.2 Å². The van der Waals surface area contributed by atoms with Gasteiger partial charge in [-0.05, 0) is 29.8 Å². The topological polar surface area (TPSA) is 53.1 Å². The smallest absolute Gasteiger partial charge is 0.237 e. The van der Waals surface area contributed by atoms with Gasteiger partial charge in [0.05, 0.1) is 18.6 Å². The summed E-state index contributed by atoms with van der Waals surface area (Å²) in [7, 11) is 1.45. The zero-order valence-corrected chi connectivity index (χ0v) is 18.4. The Morgan fingerprint density at radius 1 is 1.13 bits per heavy atom. The lowest BCUT2D eigenvalue weighted by Crippen LogP contribution is -2.49. The van der Waals surface area contributed by atoms with Crippen molar-refractivity contribution in [2.24, 2.45) is 0 Å². The van der Waals surface area contributed by atoms with Crippen molar-refractivity contribution < 1.29 is 18.7 Å². The number of anilines is 1. The fourth-order valence-electron chi connectivity index (χ4n) is 3.99. The summed E-state index contributed by atoms with van der Waals surface area (Å²) in [6, 6.07) is 12.8. The minimum atomic E-state index is -0.360. The normalized spacial score (nSPS) is 16.9. The zero-order chi connectivity index (χ0) is 21.8. The van der Waals surface area contributed by atoms with Crippen LogP contribution in [0.15, 0.2) is 47.4 Å². The number of fused-ring (bicyclic) bond motifs is 1. The van der Waals surface area contributed by atoms with Gasteiger partial charge in [-0.25, -0.2) is 4.39 Å². The van der Waals surface area contributed by atoms with Crippen LogP contribution in [0.5, 0.6) is 5.75 Å². The molecule has 0 atom stereocenters. The number of amides is 2. The fraction of sp³-hybridized carbons (Fsp3) is 0.391. The molecule has 0 spiro atoms. The molecule has 1 saturated heterocycles. The molecule has 164 valence electrons. The van der Waals surface area contributed by atoms with Crippen molar-refractivity contribution >= 4 is 29.3 Å². The van der Waals surface area contributed by atoms with E-state index >= 15 is 0 Å². The van der Waals surface area contributed by atoms with E-state index in [0.29, 0.717) is 38.4 Å². The highest BCUT2D eigenvalue weighted by Crippen LogP contribution is 2.34. The summed E-state index contributed by atoms with van der Waals surface area (Å²) in [5.41, 5.74) is 1.78. The number of nitrogens with zero attached hydrogens (tertiary/aromatic N) is 3. The van der Waals surface area contributed by atoms with E-state index < -0.39 is 0 Å². The van der Waals surface area contributed by atoms with Gasteiger partial charge in [0.15, 0.2) is 11.6 Å². The number of hydrogen-bond donors (Lipinski definition) is 0. The standard InChI is InChI=1S/C23H26FN3O3S/c1-30-20-7-6-17(14-18(20)24)15-25-10-12-26(13-11-25)22(28)8-9-27-19-4-2-3-5-21(19)31-16-23(27)29/h2-7,14H,8-13,15-16H2,1H3. The Kier molecular flexibility index (Phi) is 6.77. The molecule has 2 aliphatic rings. The summed E-state index contributed by atoms with van der Waals surface area (Å²) in [6.45, 7) is 3.79. The van der Waals surface area contributed by atoms with Crippen molar-refractivity contribution in [3.63, 3.8) is 0 Å². The summed E-state index contributed by atoms with van der Waals surface area (Å²) < 4.78 is 18.9. The summed E-state index contributed by atoms with van der Waals surface area (Å²) in [5.74, 6) is 0.413. The number of halogens is 1. The molecular weight excluding hydrogens is 417 g/mol. The number of thioether (sulfide) groups is 1. The van der Waals surface area contributed by atoms with Crippen LogP contribution in [0.1, 0.15) is 12.0 Å². The molecule has 0 aliphatic carbocycles. The first kappa shape index (κ1) is 21.6. The third-order valence-electron chi connectivity index (χ3n) is 5.70. The fourth-order valence-corrected chi connectivity index (χ4v) is 4.92. The Hall–Kier alpha value is -2.58. The molecule has 0 saturated carbocycles. The van der Waals surface area contributed by atoms with Gasteiger partial charge in [0.2, 0.25) is 11.8 Å². The molecule has 2 heterocycles. The second-order valence-electron chi connectivity index (χ2n) is 7.68. The number of methoxy groups -OCH3 is 1. The summed E-state index contributed by atoms with van der Waals surface area (Å²) >= 11 is 1.54. The van der Waals surface area contributed by atoms with Crippen LogP contribution >= 0.6 is 11.8 Å². The van der Waals surface area contributed by atoms with E-state index in [1.165, 1.54) is 13.2 Å². The van der Waals surface area contributed by atoms with Crippen LogP contribution in [0.25, 0.3) is 0 Å². The number of benzene rings is 2. The predicted octanol–water partition coefficient (Wildman–Crippen LogP) is 3.01. The molecule has 31 heavy (non-hydrogen) atoms. The van der Waals surface area contributed by atoms with E-state index in [4.69, 9.17) is 4.74 Å². The van der Waals surface area contributed by atoms with Gasteiger partial charge >= 0.3 is 0 Å². The van der Waals surface area contributed by atoms with Crippen molar-refractivity contribution in [2.45, 2.75) is 17.9 Å². The second kappa shape index (κ2) is 9.70. The molecule has 2 amide bonds. The molecule has 2 aromatic rings. The van der Waals surface area contributed by atoms with Gasteiger partial charge in [-0.15, -0.1) is 11.8 Å². The lowest BCUT2D eigenvalue weighted by molar-refractivity contribution is -0.132. The van der Waals surface area contributed by atoms with Gasteiger partial charge < -0.3 is 14.5 Å². The van der Waals surface area contributed by atoms with Crippen molar-refractivity contribution in [2.75, 3.05) is 50.5 Å². The van der Waals surface area contributed by atoms with Crippen LogP contribution in [-0.2, 0) is 16.1 Å². The average molecular weight is 444 g/mol. The van der Waals surface area contributed by atoms with Gasteiger partial charge in [-0.2, -0.15) is 0 Å². The Balaban J connectivity index is 1.27. The van der Waals surface area contributed by atoms with Crippen LogP contribution in [0.3, 0.4) is 0 Å². The van der Waals surface area contributed by atoms with Gasteiger partial charge in [0, 0.05) is 50.6 Å². The SMILES string of the molecule is COc1ccc(CN2CCN(C(=O)CCN3C(=O)CSc4ccccc43)CC2)cc1F. The number of carbonyl (C=O) groups is 2. The second-order valence-corrected chi connectivity index (χ2v) is 8.69. The summed E-state index contributed by atoms with van der Waals surface area (Å²) in [4.78, 5) is 32.0. The maximum absolute atomic E-state index is 13.9. The zero-order valence-electron chi connectivity index (χ0n) is 17.6. The monoisotopic (exact) mass is 443 g/mol. The molecule has 2 aromatic carbocycles. The van der Waals surface area contributed by atoms with E-state index in [9.17, 15) is 14.0 Å². The molecule has 0 bridgehead atoms. The molecule has 2 aliphatic heterocycles. The first-order valence-corrected chi connectivity index (χ1v) is 11.4. The third kappa shape index (κ3) is 5.02. The molecule has 0 unspecified atom stereocenters. The highest BCUT2D eigenvalue weighted by atomic mass is 32.2. The maximum atomic E-state index is 13.9. The Bertz CT molecular complexity index is 963. The van der Waals surface area contributed by atoms with Gasteiger partial charge in [0.1, 0.15) is 0 Å². The minimum Gasteiger partial charge on any atom is -0.494 e. The van der Waals surface area contributed by atoms with Crippen molar-refractivity contribution in [3.8, 4) is 5.75 Å². The number of para-hydroxylation sites is 1. The average Bonchev–Trinajstić information content (AvgIpc) is 2.79. The largest absolute Gasteiger partial charge is 0.494 e. The molecule has 0 radical (unpaired) electrons. The molecule has 0 aromatic heterocycles. The maximum Gasteiger partial charge on any atom is 0.237 e. The minimum absolute atomic E-state index is 0.0491. The van der Waals surface area contributed by atoms with Crippen LogP contribution in [0, 0.1) is 5.82 Å². The van der Waals surface area contributed by atoms with E-state index in [-0.39, 0.29) is 23.4 Å². The Morgan fingerprint density at radius 2 is 1.90 bits per heavy atom. The van der Waals surface area contributed by atoms with Gasteiger partial charge in [-0.1, -0.05) is 18.2 Å². The number of rotatable bonds is 6. The van der Waals surface area contributed by atoms with E-state index in [1.54, 1.807) is 22.7 Å². The molecule has 0 N–H and O–H groups in total. The van der Waals surface area contributed by atoms with Crippen molar-refractivity contribution in [3.05, 3.63) is 53.8 Å². The lowest BCUT2D eigenvalue weighted by Gasteiger charge is -2.35. The molecular formula is C23H26FN3O3S. The van der Waals surface area contributed by atoms with E-state index in [2.05, 4.69) is 4.90 Å². The molecule has 6 nitrogen and oxygen atoms in total. The van der Waals surface area contributed by atoms with Crippen LogP contribution < -0.4 is 9.64 Å². The number of carbonyl (C=O) groups excluding carboxylic acids is 2. The number of hydrogen-bond acceptors (Lipinski definition) is 5. The molecule has 4 rings (SSSR count). The summed E-state index contributed by atoms with van der Waals surface area (Å²) in [5, 5.41) is 0. The predicted molar refractivity (Wildman–Crippen MR) is 119 cm³/mol. The Morgan fingerprint density at radius 3 is 2.65 bits per heavy atom. The van der Waals surface area contributed by atoms with Gasteiger partial charge in [0.25, 0.3) is 0 Å². The number of piperazine rings is 1. The summed E-state index contributed by atoms with van der Waals surface area (Å²) in [6.07, 6.45) is 0.314. The third-order valence-corrected chi connectivity index (χ3v) is 6.75. The first-order valence-electron chi connectivity index (χ1n) is 10.4. The van der Waals surface area contributed by atoms with Crippen molar-refractivity contribution in [1.29, 1.82) is 0 Å². The quantitative estimate of drug-likeness (QED) is 0.687. The van der Waals surface area contributed by atoms with Crippen molar-refractivity contribution in [1.82, 2.24) is 9.80 Å². The number of ether oxygens (including phenoxy) is 1. The van der Waals surface area contributed by atoms with Gasteiger partial charge in [-0.3, -0.25) is 14.5 Å². The lowest BCUT2D eigenvalue weighted by atomic mass is 10.1. The first-order chi connectivity index (χ1) is 15.0. The highest BCUT2D eigenvalue weighted by molar-refractivity contribution is 8.00. The van der Waals surface area contributed by atoms with E-state index in [0.717, 1.165) is 29.2 Å². The van der Waals surface area contributed by atoms with Crippen LogP contribution in [-0.4, -0.2) is 67.2 Å². The highest BCUT2D eigenvalue weighted by Gasteiger charge is 2.26. The molecule has 8 heteroatoms.